The van der Waals surface area contributed by atoms with Crippen LogP contribution in [0.5, 0.6) is 0 Å². The lowest BCUT2D eigenvalue weighted by molar-refractivity contribution is -0.148. The zero-order valence-electron chi connectivity index (χ0n) is 10.1. The number of ketones is 1. The summed E-state index contributed by atoms with van der Waals surface area (Å²) >= 11 is 0. The largest absolute Gasteiger partial charge is 0.476 e. The van der Waals surface area contributed by atoms with Crippen LogP contribution in [0.15, 0.2) is 12.4 Å². The second-order valence-corrected chi connectivity index (χ2v) is 3.72. The monoisotopic (exact) mass is 228 g/mol. The molecular formula is C11H20N2O3. The molecule has 1 N–H and O–H groups in total. The molecule has 5 heteroatoms. The summed E-state index contributed by atoms with van der Waals surface area (Å²) in [6.45, 7) is 5.50. The molecule has 0 aromatic heterocycles. The van der Waals surface area contributed by atoms with Gasteiger partial charge in [0.25, 0.3) is 0 Å². The Kier molecular flexibility index (Phi) is 7.00. The van der Waals surface area contributed by atoms with E-state index < -0.39 is 11.8 Å². The van der Waals surface area contributed by atoms with Crippen molar-refractivity contribution < 1.29 is 14.7 Å². The quantitative estimate of drug-likeness (QED) is 0.731. The predicted octanol–water partition coefficient (Wildman–Crippen LogP) is 1.12. The Morgan fingerprint density at radius 3 is 2.25 bits per heavy atom. The summed E-state index contributed by atoms with van der Waals surface area (Å²) in [5.74, 6) is -2.20. The first-order chi connectivity index (χ1) is 7.47. The summed E-state index contributed by atoms with van der Waals surface area (Å²) in [5, 5.41) is 7.64. The van der Waals surface area contributed by atoms with Crippen molar-refractivity contribution in [3.63, 3.8) is 0 Å². The van der Waals surface area contributed by atoms with E-state index in [9.17, 15) is 9.59 Å². The number of carboxylic acids is 1. The lowest BCUT2D eigenvalue weighted by Crippen LogP contribution is -2.23. The number of carboxylic acid groups (broad SMARTS) is 1. The first kappa shape index (κ1) is 14.5. The highest BCUT2D eigenvalue weighted by Gasteiger charge is 2.05. The van der Waals surface area contributed by atoms with Crippen molar-refractivity contribution in [2.45, 2.75) is 26.7 Å². The maximum atomic E-state index is 9.54. The maximum absolute atomic E-state index is 9.54. The van der Waals surface area contributed by atoms with Gasteiger partial charge in [-0.05, 0) is 6.42 Å². The molecule has 5 nitrogen and oxygen atoms in total. The fraction of sp³-hybridized carbons (Fsp3) is 0.636. The summed E-state index contributed by atoms with van der Waals surface area (Å²) < 4.78 is 0. The highest BCUT2D eigenvalue weighted by atomic mass is 16.4. The summed E-state index contributed by atoms with van der Waals surface area (Å²) in [4.78, 5) is 23.4. The van der Waals surface area contributed by atoms with Crippen molar-refractivity contribution in [3.8, 4) is 0 Å². The molecule has 1 heterocycles. The number of rotatable bonds is 4. The van der Waals surface area contributed by atoms with Crippen LogP contribution in [-0.4, -0.2) is 46.9 Å². The molecule has 0 unspecified atom stereocenters. The molecule has 0 radical (unpaired) electrons. The first-order valence-electron chi connectivity index (χ1n) is 5.33. The number of hydrogen-bond donors (Lipinski definition) is 1. The maximum Gasteiger partial charge on any atom is 0.371 e. The van der Waals surface area contributed by atoms with Gasteiger partial charge in [-0.3, -0.25) is 4.79 Å². The van der Waals surface area contributed by atoms with Crippen molar-refractivity contribution in [1.82, 2.24) is 9.80 Å². The molecule has 0 spiro atoms. The van der Waals surface area contributed by atoms with E-state index >= 15 is 0 Å². The highest BCUT2D eigenvalue weighted by Crippen LogP contribution is 2.04. The molecular weight excluding hydrogens is 208 g/mol. The van der Waals surface area contributed by atoms with Crippen LogP contribution >= 0.6 is 0 Å². The van der Waals surface area contributed by atoms with E-state index in [1.165, 1.54) is 19.4 Å². The van der Waals surface area contributed by atoms with E-state index in [-0.39, 0.29) is 0 Å². The van der Waals surface area contributed by atoms with E-state index in [1.807, 2.05) is 0 Å². The topological polar surface area (TPSA) is 60.9 Å². The first-order valence-corrected chi connectivity index (χ1v) is 5.33. The molecule has 0 saturated carbocycles. The lowest BCUT2D eigenvalue weighted by atomic mass is 10.3. The molecule has 0 aromatic rings. The summed E-state index contributed by atoms with van der Waals surface area (Å²) in [6, 6.07) is 0. The molecule has 1 aliphatic heterocycles. The number of Topliss-reactive ketones (excluding diaryl/α,β-unsaturated/α-hetero) is 1. The van der Waals surface area contributed by atoms with Gasteiger partial charge in [0, 0.05) is 32.9 Å². The van der Waals surface area contributed by atoms with E-state index in [0.29, 0.717) is 0 Å². The average Bonchev–Trinajstić information content (AvgIpc) is 2.62. The normalized spacial score (nSPS) is 13.4. The zero-order chi connectivity index (χ0) is 12.6. The molecule has 0 aliphatic carbocycles. The Labute approximate surface area is 96.3 Å². The molecule has 0 fully saturated rings. The Morgan fingerprint density at radius 1 is 1.38 bits per heavy atom. The van der Waals surface area contributed by atoms with Crippen molar-refractivity contribution in [2.24, 2.45) is 0 Å². The zero-order valence-corrected chi connectivity index (χ0v) is 10.1. The van der Waals surface area contributed by atoms with Gasteiger partial charge in [-0.25, -0.2) is 4.79 Å². The molecule has 0 aromatic carbocycles. The third-order valence-corrected chi connectivity index (χ3v) is 2.04. The van der Waals surface area contributed by atoms with Crippen LogP contribution in [0.25, 0.3) is 0 Å². The third kappa shape index (κ3) is 6.86. The van der Waals surface area contributed by atoms with Gasteiger partial charge in [-0.2, -0.15) is 0 Å². The van der Waals surface area contributed by atoms with Gasteiger partial charge < -0.3 is 14.9 Å². The van der Waals surface area contributed by atoms with Crippen LogP contribution in [0.2, 0.25) is 0 Å². The van der Waals surface area contributed by atoms with Crippen molar-refractivity contribution in [2.75, 3.05) is 20.3 Å². The second-order valence-electron chi connectivity index (χ2n) is 3.72. The molecule has 92 valence electrons. The Morgan fingerprint density at radius 2 is 1.94 bits per heavy atom. The van der Waals surface area contributed by atoms with Crippen LogP contribution in [0.3, 0.4) is 0 Å². The van der Waals surface area contributed by atoms with Gasteiger partial charge in [0.05, 0.1) is 6.67 Å². The van der Waals surface area contributed by atoms with Gasteiger partial charge in [-0.1, -0.05) is 13.3 Å². The summed E-state index contributed by atoms with van der Waals surface area (Å²) in [5.41, 5.74) is 0. The van der Waals surface area contributed by atoms with Gasteiger partial charge in [0.2, 0.25) is 5.78 Å². The molecule has 0 amide bonds. The smallest absolute Gasteiger partial charge is 0.371 e. The van der Waals surface area contributed by atoms with E-state index in [4.69, 9.17) is 5.11 Å². The van der Waals surface area contributed by atoms with Gasteiger partial charge in [-0.15, -0.1) is 0 Å². The fourth-order valence-electron chi connectivity index (χ4n) is 1.10. The predicted molar refractivity (Wildman–Crippen MR) is 61.7 cm³/mol. The van der Waals surface area contributed by atoms with Crippen LogP contribution < -0.4 is 0 Å². The molecule has 1 rings (SSSR count). The molecule has 0 bridgehead atoms. The van der Waals surface area contributed by atoms with Crippen LogP contribution in [0.4, 0.5) is 0 Å². The van der Waals surface area contributed by atoms with Gasteiger partial charge in [0.15, 0.2) is 0 Å². The summed E-state index contributed by atoms with van der Waals surface area (Å²) in [7, 11) is 2.10. The average molecular weight is 228 g/mol. The van der Waals surface area contributed by atoms with Crippen molar-refractivity contribution in [3.05, 3.63) is 12.4 Å². The van der Waals surface area contributed by atoms with Crippen LogP contribution in [-0.2, 0) is 9.59 Å². The molecule has 0 saturated heterocycles. The van der Waals surface area contributed by atoms with Crippen molar-refractivity contribution in [1.29, 1.82) is 0 Å². The molecule has 16 heavy (non-hydrogen) atoms. The van der Waals surface area contributed by atoms with Gasteiger partial charge in [0.1, 0.15) is 0 Å². The number of hydrogen-bond acceptors (Lipinski definition) is 4. The Balaban J connectivity index is 0.000000325. The molecule has 0 atom stereocenters. The second kappa shape index (κ2) is 7.73. The Bertz CT molecular complexity index is 252. The minimum atomic E-state index is -1.38. The van der Waals surface area contributed by atoms with E-state index in [2.05, 4.69) is 36.2 Å². The number of carbonyl (C=O) groups is 2. The number of carbonyl (C=O) groups excluding carboxylic acids is 1. The Hall–Kier alpha value is -1.52. The van der Waals surface area contributed by atoms with Crippen LogP contribution in [0, 0.1) is 0 Å². The highest BCUT2D eigenvalue weighted by molar-refractivity contribution is 6.31. The van der Waals surface area contributed by atoms with Crippen molar-refractivity contribution >= 4 is 11.8 Å². The minimum Gasteiger partial charge on any atom is -0.476 e. The van der Waals surface area contributed by atoms with E-state index in [1.54, 1.807) is 0 Å². The lowest BCUT2D eigenvalue weighted by Gasteiger charge is -2.17. The van der Waals surface area contributed by atoms with E-state index in [0.717, 1.165) is 13.6 Å². The third-order valence-electron chi connectivity index (χ3n) is 2.04. The molecule has 1 aliphatic rings. The van der Waals surface area contributed by atoms with Crippen LogP contribution in [0.1, 0.15) is 26.7 Å². The number of nitrogens with zero attached hydrogens (tertiary/aromatic N) is 2. The number of aliphatic carboxylic acids is 1. The summed E-state index contributed by atoms with van der Waals surface area (Å²) in [6.07, 6.45) is 6.87. The SMILES string of the molecule is CC(=O)C(=O)O.CCCCN1C=CN(C)C1. The van der Waals surface area contributed by atoms with Gasteiger partial charge >= 0.3 is 5.97 Å². The standard InChI is InChI=1S/C8H16N2.C3H4O3/c1-3-4-5-10-7-6-9(2)8-10;1-2(4)3(5)6/h6-7H,3-5,8H2,1-2H3;1H3,(H,5,6). The fourth-order valence-corrected chi connectivity index (χ4v) is 1.10. The minimum absolute atomic E-state index is 0.824. The number of unbranched alkanes of at least 4 members (excludes halogenated alkanes) is 1.